The standard InChI is InChI=1S/C20H21N3O6S/c1-3-15-16-10-17(30-9-8-21-12(2)24)18(22(16)19(15)25)20(26)29-11-13-4-6-14(7-5-13)23(27)28/h3-7,16H,8-11H2,1-2H3,(H,21,24)/b15-3+/t16-/m1/s1. The molecule has 1 fully saturated rings. The number of nitrogens with one attached hydrogen (secondary N) is 1. The fraction of sp³-hybridized carbons (Fsp3) is 0.350. The van der Waals surface area contributed by atoms with Gasteiger partial charge in [-0.2, -0.15) is 0 Å². The van der Waals surface area contributed by atoms with Crippen molar-refractivity contribution in [3.05, 3.63) is 62.2 Å². The van der Waals surface area contributed by atoms with E-state index in [0.29, 0.717) is 29.9 Å². The highest BCUT2D eigenvalue weighted by Gasteiger charge is 2.51. The molecule has 9 nitrogen and oxygen atoms in total. The molecule has 0 aliphatic carbocycles. The Hall–Kier alpha value is -3.14. The van der Waals surface area contributed by atoms with Crippen molar-refractivity contribution in [1.82, 2.24) is 10.2 Å². The Morgan fingerprint density at radius 2 is 2.07 bits per heavy atom. The first-order chi connectivity index (χ1) is 14.3. The van der Waals surface area contributed by atoms with Crippen LogP contribution in [-0.4, -0.2) is 45.9 Å². The number of hydrogen-bond donors (Lipinski definition) is 1. The summed E-state index contributed by atoms with van der Waals surface area (Å²) in [6, 6.07) is 5.57. The van der Waals surface area contributed by atoms with Crippen LogP contribution in [0.4, 0.5) is 5.69 Å². The molecule has 0 saturated carbocycles. The molecular formula is C20H21N3O6S. The van der Waals surface area contributed by atoms with Gasteiger partial charge in [-0.3, -0.25) is 24.6 Å². The van der Waals surface area contributed by atoms with Crippen molar-refractivity contribution in [1.29, 1.82) is 0 Å². The van der Waals surface area contributed by atoms with Crippen LogP contribution in [0.15, 0.2) is 46.5 Å². The number of carbonyl (C=O) groups excluding carboxylic acids is 3. The SMILES string of the molecule is C/C=C1/C(=O)N2C(C(=O)OCc3ccc([N+](=O)[O-])cc3)=C(SCCNC(C)=O)C[C@H]12. The molecular weight excluding hydrogens is 410 g/mol. The second-order valence-corrected chi connectivity index (χ2v) is 7.93. The van der Waals surface area contributed by atoms with E-state index in [0.717, 1.165) is 4.91 Å². The Morgan fingerprint density at radius 1 is 1.37 bits per heavy atom. The van der Waals surface area contributed by atoms with Crippen LogP contribution >= 0.6 is 11.8 Å². The number of carbonyl (C=O) groups is 3. The van der Waals surface area contributed by atoms with E-state index in [1.807, 2.05) is 0 Å². The number of fused-ring (bicyclic) bond motifs is 1. The van der Waals surface area contributed by atoms with E-state index in [2.05, 4.69) is 5.32 Å². The summed E-state index contributed by atoms with van der Waals surface area (Å²) in [7, 11) is 0. The summed E-state index contributed by atoms with van der Waals surface area (Å²) < 4.78 is 5.39. The van der Waals surface area contributed by atoms with Gasteiger partial charge in [0.25, 0.3) is 11.6 Å². The third kappa shape index (κ3) is 4.38. The normalized spacial score (nSPS) is 18.9. The van der Waals surface area contributed by atoms with Gasteiger partial charge in [-0.1, -0.05) is 6.08 Å². The van der Waals surface area contributed by atoms with Gasteiger partial charge in [0.2, 0.25) is 5.91 Å². The van der Waals surface area contributed by atoms with Crippen molar-refractivity contribution in [2.75, 3.05) is 12.3 Å². The van der Waals surface area contributed by atoms with Crippen LogP contribution in [0.3, 0.4) is 0 Å². The fourth-order valence-corrected chi connectivity index (χ4v) is 4.39. The molecule has 1 atom stereocenters. The minimum Gasteiger partial charge on any atom is -0.456 e. The zero-order valence-corrected chi connectivity index (χ0v) is 17.4. The first-order valence-electron chi connectivity index (χ1n) is 9.34. The molecule has 2 aliphatic heterocycles. The number of rotatable bonds is 8. The maximum atomic E-state index is 12.8. The van der Waals surface area contributed by atoms with Gasteiger partial charge in [0.05, 0.1) is 11.0 Å². The van der Waals surface area contributed by atoms with Gasteiger partial charge in [0.15, 0.2) is 0 Å². The van der Waals surface area contributed by atoms with E-state index in [-0.39, 0.29) is 35.8 Å². The molecule has 0 spiro atoms. The summed E-state index contributed by atoms with van der Waals surface area (Å²) in [6.07, 6.45) is 2.30. The molecule has 0 bridgehead atoms. The quantitative estimate of drug-likeness (QED) is 0.167. The summed E-state index contributed by atoms with van der Waals surface area (Å²) in [6.45, 7) is 3.61. The van der Waals surface area contributed by atoms with Crippen molar-refractivity contribution in [3.63, 3.8) is 0 Å². The fourth-order valence-electron chi connectivity index (χ4n) is 3.35. The van der Waals surface area contributed by atoms with Gasteiger partial charge in [0, 0.05) is 48.3 Å². The number of amides is 2. The number of allylic oxidation sites excluding steroid dienone is 1. The number of non-ortho nitro benzene ring substituents is 1. The van der Waals surface area contributed by atoms with Crippen molar-refractivity contribution >= 4 is 35.2 Å². The van der Waals surface area contributed by atoms with E-state index in [1.54, 1.807) is 13.0 Å². The van der Waals surface area contributed by atoms with Crippen LogP contribution in [0, 0.1) is 10.1 Å². The second kappa shape index (κ2) is 9.12. The molecule has 1 aromatic rings. The smallest absolute Gasteiger partial charge is 0.356 e. The number of β-lactam (4-membered cyclic amide) rings is 1. The maximum Gasteiger partial charge on any atom is 0.356 e. The number of nitro benzene ring substituents is 1. The van der Waals surface area contributed by atoms with E-state index in [4.69, 9.17) is 4.74 Å². The van der Waals surface area contributed by atoms with Gasteiger partial charge >= 0.3 is 5.97 Å². The van der Waals surface area contributed by atoms with Gasteiger partial charge < -0.3 is 10.1 Å². The molecule has 1 saturated heterocycles. The molecule has 0 aromatic heterocycles. The number of benzene rings is 1. The molecule has 30 heavy (non-hydrogen) atoms. The Balaban J connectivity index is 1.69. The van der Waals surface area contributed by atoms with E-state index in [9.17, 15) is 24.5 Å². The summed E-state index contributed by atoms with van der Waals surface area (Å²) in [5.74, 6) is -0.383. The summed E-state index contributed by atoms with van der Waals surface area (Å²) >= 11 is 1.42. The topological polar surface area (TPSA) is 119 Å². The Morgan fingerprint density at radius 3 is 2.67 bits per heavy atom. The van der Waals surface area contributed by atoms with Crippen molar-refractivity contribution in [2.45, 2.75) is 32.9 Å². The number of esters is 1. The third-order valence-electron chi connectivity index (χ3n) is 4.79. The van der Waals surface area contributed by atoms with Crippen molar-refractivity contribution < 1.29 is 24.0 Å². The molecule has 1 N–H and O–H groups in total. The van der Waals surface area contributed by atoms with E-state index in [1.165, 1.54) is 47.9 Å². The number of nitrogens with zero attached hydrogens (tertiary/aromatic N) is 2. The first kappa shape index (κ1) is 21.6. The molecule has 2 aliphatic rings. The Bertz CT molecular complexity index is 954. The average molecular weight is 431 g/mol. The maximum absolute atomic E-state index is 12.8. The second-order valence-electron chi connectivity index (χ2n) is 6.74. The largest absolute Gasteiger partial charge is 0.456 e. The highest BCUT2D eigenvalue weighted by atomic mass is 32.2. The Kier molecular flexibility index (Phi) is 6.56. The van der Waals surface area contributed by atoms with Crippen molar-refractivity contribution in [2.24, 2.45) is 0 Å². The molecule has 2 heterocycles. The molecule has 0 radical (unpaired) electrons. The van der Waals surface area contributed by atoms with Gasteiger partial charge in [-0.15, -0.1) is 11.8 Å². The van der Waals surface area contributed by atoms with Gasteiger partial charge in [-0.05, 0) is 24.6 Å². The molecule has 2 amide bonds. The summed E-state index contributed by atoms with van der Waals surface area (Å²) in [5.41, 5.74) is 1.47. The predicted molar refractivity (Wildman–Crippen MR) is 110 cm³/mol. The average Bonchev–Trinajstić information content (AvgIpc) is 3.04. The predicted octanol–water partition coefficient (Wildman–Crippen LogP) is 2.28. The van der Waals surface area contributed by atoms with Gasteiger partial charge in [0.1, 0.15) is 12.3 Å². The number of thioether (sulfide) groups is 1. The van der Waals surface area contributed by atoms with E-state index < -0.39 is 10.9 Å². The van der Waals surface area contributed by atoms with Crippen molar-refractivity contribution in [3.8, 4) is 0 Å². The minimum atomic E-state index is -0.610. The molecule has 3 rings (SSSR count). The summed E-state index contributed by atoms with van der Waals surface area (Å²) in [5, 5.41) is 13.4. The highest BCUT2D eigenvalue weighted by Crippen LogP contribution is 2.45. The van der Waals surface area contributed by atoms with E-state index >= 15 is 0 Å². The lowest BCUT2D eigenvalue weighted by molar-refractivity contribution is -0.384. The summed E-state index contributed by atoms with van der Waals surface area (Å²) in [4.78, 5) is 48.7. The zero-order valence-electron chi connectivity index (χ0n) is 16.5. The first-order valence-corrected chi connectivity index (χ1v) is 10.3. The van der Waals surface area contributed by atoms with Crippen LogP contribution in [0.25, 0.3) is 0 Å². The lowest BCUT2D eigenvalue weighted by atomic mass is 9.94. The number of hydrogen-bond acceptors (Lipinski definition) is 7. The molecule has 10 heteroatoms. The lowest BCUT2D eigenvalue weighted by Gasteiger charge is -2.38. The van der Waals surface area contributed by atoms with Crippen LogP contribution in [-0.2, 0) is 25.7 Å². The monoisotopic (exact) mass is 431 g/mol. The molecule has 0 unspecified atom stereocenters. The molecule has 1 aromatic carbocycles. The number of ether oxygens (including phenoxy) is 1. The van der Waals surface area contributed by atoms with Crippen LogP contribution in [0.5, 0.6) is 0 Å². The van der Waals surface area contributed by atoms with Crippen LogP contribution in [0.1, 0.15) is 25.8 Å². The highest BCUT2D eigenvalue weighted by molar-refractivity contribution is 8.03. The third-order valence-corrected chi connectivity index (χ3v) is 5.91. The molecule has 158 valence electrons. The number of nitro groups is 1. The lowest BCUT2D eigenvalue weighted by Crippen LogP contribution is -2.52. The van der Waals surface area contributed by atoms with Crippen LogP contribution < -0.4 is 5.32 Å². The van der Waals surface area contributed by atoms with Crippen LogP contribution in [0.2, 0.25) is 0 Å². The zero-order chi connectivity index (χ0) is 21.8. The minimum absolute atomic E-state index is 0.0469. The van der Waals surface area contributed by atoms with Gasteiger partial charge in [-0.25, -0.2) is 4.79 Å². The Labute approximate surface area is 177 Å².